The minimum absolute atomic E-state index is 0.130. The Morgan fingerprint density at radius 1 is 1.12 bits per heavy atom. The molecule has 0 aliphatic heterocycles. The van der Waals surface area contributed by atoms with E-state index in [1.165, 1.54) is 12.1 Å². The summed E-state index contributed by atoms with van der Waals surface area (Å²) in [5, 5.41) is 5.76. The van der Waals surface area contributed by atoms with Crippen LogP contribution in [0.25, 0.3) is 0 Å². The van der Waals surface area contributed by atoms with E-state index in [9.17, 15) is 13.2 Å². The predicted octanol–water partition coefficient (Wildman–Crippen LogP) is 2.59. The number of hydrogen-bond donors (Lipinski definition) is 3. The van der Waals surface area contributed by atoms with E-state index in [4.69, 9.17) is 0 Å². The number of hydrogen-bond acceptors (Lipinski definition) is 4. The van der Waals surface area contributed by atoms with E-state index in [0.29, 0.717) is 17.9 Å². The highest BCUT2D eigenvalue weighted by atomic mass is 32.2. The van der Waals surface area contributed by atoms with Gasteiger partial charge in [0.1, 0.15) is 0 Å². The van der Waals surface area contributed by atoms with Gasteiger partial charge in [0.2, 0.25) is 5.91 Å². The molecule has 0 fully saturated rings. The highest BCUT2D eigenvalue weighted by Gasteiger charge is 2.16. The van der Waals surface area contributed by atoms with Crippen LogP contribution in [0.1, 0.15) is 12.5 Å². The predicted molar refractivity (Wildman–Crippen MR) is 100 cm³/mol. The van der Waals surface area contributed by atoms with Crippen LogP contribution in [0.3, 0.4) is 0 Å². The Balaban J connectivity index is 2.21. The highest BCUT2D eigenvalue weighted by molar-refractivity contribution is 7.92. The van der Waals surface area contributed by atoms with Crippen LogP contribution in [0, 0.1) is 12.8 Å². The number of anilines is 2. The monoisotopic (exact) mass is 361 g/mol. The van der Waals surface area contributed by atoms with Gasteiger partial charge < -0.3 is 10.6 Å². The molecule has 6 nitrogen and oxygen atoms in total. The molecule has 0 spiro atoms. The Bertz CT molecular complexity index is 836. The van der Waals surface area contributed by atoms with E-state index in [0.717, 1.165) is 5.56 Å². The Morgan fingerprint density at radius 3 is 2.44 bits per heavy atom. The van der Waals surface area contributed by atoms with Crippen molar-refractivity contribution in [3.8, 4) is 0 Å². The number of rotatable bonds is 7. The van der Waals surface area contributed by atoms with Crippen LogP contribution in [0.5, 0.6) is 0 Å². The van der Waals surface area contributed by atoms with Crippen LogP contribution in [-0.4, -0.2) is 27.9 Å². The molecule has 3 N–H and O–H groups in total. The Labute approximate surface area is 148 Å². The van der Waals surface area contributed by atoms with Gasteiger partial charge in [-0.2, -0.15) is 0 Å². The molecule has 0 aliphatic carbocycles. The van der Waals surface area contributed by atoms with Crippen molar-refractivity contribution in [2.75, 3.05) is 23.6 Å². The lowest BCUT2D eigenvalue weighted by molar-refractivity contribution is -0.119. The Morgan fingerprint density at radius 2 is 1.80 bits per heavy atom. The standard InChI is InChI=1S/C18H23N3O3S/c1-13-9-10-15(20-18(22)14(2)12-19-3)11-17(13)21-25(23,24)16-7-5-4-6-8-16/h4-11,14,19,21H,12H2,1-3H3,(H,20,22). The van der Waals surface area contributed by atoms with Crippen LogP contribution < -0.4 is 15.4 Å². The summed E-state index contributed by atoms with van der Waals surface area (Å²) in [5.74, 6) is -0.328. The van der Waals surface area contributed by atoms with E-state index in [-0.39, 0.29) is 16.7 Å². The summed E-state index contributed by atoms with van der Waals surface area (Å²) in [4.78, 5) is 12.3. The quantitative estimate of drug-likeness (QED) is 0.707. The van der Waals surface area contributed by atoms with Gasteiger partial charge in [0, 0.05) is 18.2 Å². The first-order valence-corrected chi connectivity index (χ1v) is 9.46. The number of nitrogens with one attached hydrogen (secondary N) is 3. The number of benzene rings is 2. The van der Waals surface area contributed by atoms with Crippen molar-refractivity contribution >= 4 is 27.3 Å². The van der Waals surface area contributed by atoms with E-state index in [1.54, 1.807) is 50.4 Å². The lowest BCUT2D eigenvalue weighted by atomic mass is 10.1. The SMILES string of the molecule is CNCC(C)C(=O)Nc1ccc(C)c(NS(=O)(=O)c2ccccc2)c1. The smallest absolute Gasteiger partial charge is 0.261 e. The van der Waals surface area contributed by atoms with Crippen molar-refractivity contribution < 1.29 is 13.2 Å². The van der Waals surface area contributed by atoms with E-state index < -0.39 is 10.0 Å². The molecule has 0 aliphatic rings. The summed E-state index contributed by atoms with van der Waals surface area (Å²) in [6.07, 6.45) is 0. The van der Waals surface area contributed by atoms with Gasteiger partial charge in [-0.1, -0.05) is 31.2 Å². The molecule has 1 atom stereocenters. The Hall–Kier alpha value is -2.38. The largest absolute Gasteiger partial charge is 0.326 e. The van der Waals surface area contributed by atoms with Gasteiger partial charge in [-0.3, -0.25) is 9.52 Å². The molecule has 1 amide bonds. The van der Waals surface area contributed by atoms with Crippen molar-refractivity contribution in [3.63, 3.8) is 0 Å². The summed E-state index contributed by atoms with van der Waals surface area (Å²) < 4.78 is 27.5. The van der Waals surface area contributed by atoms with Gasteiger partial charge >= 0.3 is 0 Å². The molecule has 2 aromatic rings. The first kappa shape index (κ1) is 19.0. The molecule has 0 saturated heterocycles. The number of amides is 1. The lowest BCUT2D eigenvalue weighted by Gasteiger charge is -2.15. The summed E-state index contributed by atoms with van der Waals surface area (Å²) in [6.45, 7) is 4.18. The zero-order chi connectivity index (χ0) is 18.4. The molecule has 2 aromatic carbocycles. The summed E-state index contributed by atoms with van der Waals surface area (Å²) in [5.41, 5.74) is 1.74. The van der Waals surface area contributed by atoms with Crippen molar-refractivity contribution in [2.45, 2.75) is 18.7 Å². The lowest BCUT2D eigenvalue weighted by Crippen LogP contribution is -2.28. The fraction of sp³-hybridized carbons (Fsp3) is 0.278. The Kier molecular flexibility index (Phi) is 6.17. The zero-order valence-electron chi connectivity index (χ0n) is 14.5. The number of sulfonamides is 1. The average molecular weight is 361 g/mol. The van der Waals surface area contributed by atoms with Crippen LogP contribution in [0.4, 0.5) is 11.4 Å². The van der Waals surface area contributed by atoms with Crippen LogP contribution in [0.15, 0.2) is 53.4 Å². The normalized spacial score (nSPS) is 12.4. The van der Waals surface area contributed by atoms with Gasteiger partial charge in [0.25, 0.3) is 10.0 Å². The maximum atomic E-state index is 12.5. The van der Waals surface area contributed by atoms with Gasteiger partial charge in [0.15, 0.2) is 0 Å². The minimum Gasteiger partial charge on any atom is -0.326 e. The molecule has 0 aromatic heterocycles. The topological polar surface area (TPSA) is 87.3 Å². The molecule has 7 heteroatoms. The van der Waals surface area contributed by atoms with E-state index in [2.05, 4.69) is 15.4 Å². The fourth-order valence-corrected chi connectivity index (χ4v) is 3.42. The molecule has 25 heavy (non-hydrogen) atoms. The maximum Gasteiger partial charge on any atom is 0.261 e. The summed E-state index contributed by atoms with van der Waals surface area (Å²) in [7, 11) is -1.89. The van der Waals surface area contributed by atoms with Gasteiger partial charge in [-0.05, 0) is 43.8 Å². The third kappa shape index (κ3) is 5.04. The third-order valence-electron chi connectivity index (χ3n) is 3.76. The second-order valence-corrected chi connectivity index (χ2v) is 7.58. The first-order valence-electron chi connectivity index (χ1n) is 7.97. The number of aryl methyl sites for hydroxylation is 1. The van der Waals surface area contributed by atoms with Crippen molar-refractivity contribution in [1.29, 1.82) is 0 Å². The molecule has 134 valence electrons. The molecule has 2 rings (SSSR count). The molecule has 0 heterocycles. The third-order valence-corrected chi connectivity index (χ3v) is 5.14. The van der Waals surface area contributed by atoms with Crippen LogP contribution in [-0.2, 0) is 14.8 Å². The molecule has 0 saturated carbocycles. The summed E-state index contributed by atoms with van der Waals surface area (Å²) in [6, 6.07) is 13.3. The second-order valence-electron chi connectivity index (χ2n) is 5.90. The summed E-state index contributed by atoms with van der Waals surface area (Å²) >= 11 is 0. The average Bonchev–Trinajstić information content (AvgIpc) is 2.58. The van der Waals surface area contributed by atoms with Gasteiger partial charge in [0.05, 0.1) is 10.6 Å². The minimum atomic E-state index is -3.68. The van der Waals surface area contributed by atoms with E-state index in [1.807, 2.05) is 6.92 Å². The van der Waals surface area contributed by atoms with Gasteiger partial charge in [-0.25, -0.2) is 8.42 Å². The molecule has 1 unspecified atom stereocenters. The molecule has 0 radical (unpaired) electrons. The fourth-order valence-electron chi connectivity index (χ4n) is 2.28. The zero-order valence-corrected chi connectivity index (χ0v) is 15.4. The highest BCUT2D eigenvalue weighted by Crippen LogP contribution is 2.24. The van der Waals surface area contributed by atoms with Crippen molar-refractivity contribution in [3.05, 3.63) is 54.1 Å². The van der Waals surface area contributed by atoms with E-state index >= 15 is 0 Å². The van der Waals surface area contributed by atoms with Crippen LogP contribution in [0.2, 0.25) is 0 Å². The van der Waals surface area contributed by atoms with Gasteiger partial charge in [-0.15, -0.1) is 0 Å². The van der Waals surface area contributed by atoms with Crippen LogP contribution >= 0.6 is 0 Å². The molecular weight excluding hydrogens is 338 g/mol. The van der Waals surface area contributed by atoms with Crippen molar-refractivity contribution in [1.82, 2.24) is 5.32 Å². The first-order chi connectivity index (χ1) is 11.8. The molecular formula is C18H23N3O3S. The maximum absolute atomic E-state index is 12.5. The molecule has 0 bridgehead atoms. The number of carbonyl (C=O) groups is 1. The van der Waals surface area contributed by atoms with Crippen molar-refractivity contribution in [2.24, 2.45) is 5.92 Å². The second kappa shape index (κ2) is 8.13. The number of carbonyl (C=O) groups excluding carboxylic acids is 1.